The number of benzene rings is 1. The maximum atomic E-state index is 12.4. The molecule has 2 aromatic heterocycles. The molecule has 0 spiro atoms. The van der Waals surface area contributed by atoms with E-state index in [-0.39, 0.29) is 5.56 Å². The summed E-state index contributed by atoms with van der Waals surface area (Å²) in [7, 11) is 0. The molecule has 24 heavy (non-hydrogen) atoms. The Morgan fingerprint density at radius 2 is 2.21 bits per heavy atom. The van der Waals surface area contributed by atoms with Crippen molar-refractivity contribution in [2.75, 3.05) is 11.5 Å². The highest BCUT2D eigenvalue weighted by molar-refractivity contribution is 7.99. The van der Waals surface area contributed by atoms with Crippen molar-refractivity contribution in [3.8, 4) is 0 Å². The van der Waals surface area contributed by atoms with Crippen LogP contribution in [0.25, 0.3) is 16.6 Å². The monoisotopic (exact) mass is 355 g/mol. The minimum absolute atomic E-state index is 0.352. The van der Waals surface area contributed by atoms with E-state index in [9.17, 15) is 4.79 Å². The summed E-state index contributed by atoms with van der Waals surface area (Å²) >= 11 is 2.74. The number of allylic oxidation sites excluding steroid dienone is 1. The first-order chi connectivity index (χ1) is 11.7. The van der Waals surface area contributed by atoms with E-state index >= 15 is 0 Å². The summed E-state index contributed by atoms with van der Waals surface area (Å²) in [6.45, 7) is 2.04. The molecule has 4 rings (SSSR count). The molecule has 8 heteroatoms. The second-order valence-electron chi connectivity index (χ2n) is 5.11. The van der Waals surface area contributed by atoms with Crippen molar-refractivity contribution in [1.82, 2.24) is 13.8 Å². The molecule has 0 amide bonds. The van der Waals surface area contributed by atoms with E-state index in [1.165, 1.54) is 11.5 Å². The molecule has 3 heterocycles. The van der Waals surface area contributed by atoms with Crippen molar-refractivity contribution in [2.24, 2.45) is 4.99 Å². The van der Waals surface area contributed by atoms with Crippen molar-refractivity contribution >= 4 is 57.6 Å². The molecule has 3 aromatic rings. The van der Waals surface area contributed by atoms with Crippen LogP contribution in [0.4, 0.5) is 11.5 Å². The number of nitrogens with zero attached hydrogens (tertiary/aromatic N) is 4. The molecule has 0 fully saturated rings. The van der Waals surface area contributed by atoms with Gasteiger partial charge in [0.15, 0.2) is 5.16 Å². The van der Waals surface area contributed by atoms with Gasteiger partial charge in [0.05, 0.1) is 11.3 Å². The van der Waals surface area contributed by atoms with Crippen molar-refractivity contribution in [1.29, 1.82) is 0 Å². The average molecular weight is 355 g/mol. The number of hydrogen-bond donors (Lipinski definition) is 1. The van der Waals surface area contributed by atoms with Gasteiger partial charge in [-0.2, -0.15) is 9.36 Å². The Hall–Kier alpha value is -2.45. The van der Waals surface area contributed by atoms with Crippen molar-refractivity contribution in [3.05, 3.63) is 45.7 Å². The van der Waals surface area contributed by atoms with Gasteiger partial charge in [-0.3, -0.25) is 9.79 Å². The zero-order chi connectivity index (χ0) is 16.7. The van der Waals surface area contributed by atoms with Gasteiger partial charge < -0.3 is 5.73 Å². The molecule has 1 aliphatic rings. The second-order valence-corrected chi connectivity index (χ2v) is 7.07. The Labute approximate surface area is 145 Å². The van der Waals surface area contributed by atoms with Gasteiger partial charge in [0.2, 0.25) is 4.96 Å². The fourth-order valence-corrected chi connectivity index (χ4v) is 4.15. The molecule has 0 bridgehead atoms. The smallest absolute Gasteiger partial charge is 0.283 e. The SMILES string of the molecule is CCSc1nsc2nc(=O)c(/C=C3\C=Nc4ccccc43)c(N)n12. The quantitative estimate of drug-likeness (QED) is 0.730. The van der Waals surface area contributed by atoms with Gasteiger partial charge >= 0.3 is 0 Å². The number of para-hydroxylation sites is 1. The highest BCUT2D eigenvalue weighted by Gasteiger charge is 2.17. The van der Waals surface area contributed by atoms with Crippen molar-refractivity contribution in [2.45, 2.75) is 12.1 Å². The Bertz CT molecular complexity index is 1060. The minimum atomic E-state index is -0.352. The largest absolute Gasteiger partial charge is 0.384 e. The highest BCUT2D eigenvalue weighted by Crippen LogP contribution is 2.33. The summed E-state index contributed by atoms with van der Waals surface area (Å²) < 4.78 is 6.08. The fraction of sp³-hybridized carbons (Fsp3) is 0.125. The van der Waals surface area contributed by atoms with E-state index in [0.29, 0.717) is 16.3 Å². The third kappa shape index (κ3) is 2.35. The lowest BCUT2D eigenvalue weighted by molar-refractivity contribution is 0.951. The summed E-state index contributed by atoms with van der Waals surface area (Å²) in [5.74, 6) is 1.22. The van der Waals surface area contributed by atoms with Crippen LogP contribution < -0.4 is 11.3 Å². The Morgan fingerprint density at radius 1 is 1.38 bits per heavy atom. The van der Waals surface area contributed by atoms with Gasteiger partial charge in [0.1, 0.15) is 5.82 Å². The molecule has 1 aromatic carbocycles. The normalized spacial score (nSPS) is 14.6. The Balaban J connectivity index is 1.92. The number of nitrogens with two attached hydrogens (primary N) is 1. The highest BCUT2D eigenvalue weighted by atomic mass is 32.2. The third-order valence-electron chi connectivity index (χ3n) is 3.66. The third-order valence-corrected chi connectivity index (χ3v) is 5.30. The van der Waals surface area contributed by atoms with Crippen LogP contribution in [0.15, 0.2) is 39.2 Å². The van der Waals surface area contributed by atoms with Crippen LogP contribution in [0.1, 0.15) is 18.1 Å². The van der Waals surface area contributed by atoms with E-state index in [1.807, 2.05) is 31.2 Å². The fourth-order valence-electron chi connectivity index (χ4n) is 2.56. The molecule has 0 atom stereocenters. The molecule has 2 N–H and O–H groups in total. The molecule has 0 unspecified atom stereocenters. The zero-order valence-corrected chi connectivity index (χ0v) is 14.4. The minimum Gasteiger partial charge on any atom is -0.384 e. The van der Waals surface area contributed by atoms with Crippen LogP contribution in [0.5, 0.6) is 0 Å². The first kappa shape index (κ1) is 15.1. The first-order valence-corrected chi connectivity index (χ1v) is 9.11. The van der Waals surface area contributed by atoms with E-state index < -0.39 is 0 Å². The van der Waals surface area contributed by atoms with Crippen LogP contribution in [0, 0.1) is 0 Å². The topological polar surface area (TPSA) is 85.6 Å². The lowest BCUT2D eigenvalue weighted by Crippen LogP contribution is -2.16. The second kappa shape index (κ2) is 5.88. The number of thioether (sulfide) groups is 1. The zero-order valence-electron chi connectivity index (χ0n) is 12.8. The van der Waals surface area contributed by atoms with Crippen molar-refractivity contribution in [3.63, 3.8) is 0 Å². The number of nitrogen functional groups attached to an aromatic ring is 1. The molecule has 0 aliphatic carbocycles. The number of aliphatic imine (C=N–C) groups is 1. The summed E-state index contributed by atoms with van der Waals surface area (Å²) in [4.78, 5) is 21.4. The molecule has 0 saturated carbocycles. The Morgan fingerprint density at radius 3 is 3.04 bits per heavy atom. The average Bonchev–Trinajstić information content (AvgIpc) is 3.16. The molecular weight excluding hydrogens is 342 g/mol. The van der Waals surface area contributed by atoms with Gasteiger partial charge in [-0.15, -0.1) is 0 Å². The summed E-state index contributed by atoms with van der Waals surface area (Å²) in [6, 6.07) is 7.78. The lowest BCUT2D eigenvalue weighted by atomic mass is 10.1. The van der Waals surface area contributed by atoms with Crippen molar-refractivity contribution < 1.29 is 0 Å². The van der Waals surface area contributed by atoms with Crippen LogP contribution >= 0.6 is 23.3 Å². The lowest BCUT2D eigenvalue weighted by Gasteiger charge is -2.06. The van der Waals surface area contributed by atoms with E-state index in [0.717, 1.165) is 27.7 Å². The van der Waals surface area contributed by atoms with Crippen LogP contribution in [-0.2, 0) is 0 Å². The van der Waals surface area contributed by atoms with Gasteiger partial charge in [0.25, 0.3) is 5.56 Å². The van der Waals surface area contributed by atoms with Crippen LogP contribution in [0.2, 0.25) is 0 Å². The summed E-state index contributed by atoms with van der Waals surface area (Å²) in [5.41, 5.74) is 9.01. The molecule has 1 aliphatic heterocycles. The van der Waals surface area contributed by atoms with Gasteiger partial charge in [-0.25, -0.2) is 4.40 Å². The molecule has 120 valence electrons. The van der Waals surface area contributed by atoms with Gasteiger partial charge in [0, 0.05) is 28.9 Å². The molecular formula is C16H13N5OS2. The number of anilines is 1. The van der Waals surface area contributed by atoms with Gasteiger partial charge in [-0.1, -0.05) is 36.9 Å². The Kier molecular flexibility index (Phi) is 3.70. The predicted molar refractivity (Wildman–Crippen MR) is 100 cm³/mol. The molecule has 0 radical (unpaired) electrons. The van der Waals surface area contributed by atoms with E-state index in [2.05, 4.69) is 14.3 Å². The maximum absolute atomic E-state index is 12.4. The first-order valence-electron chi connectivity index (χ1n) is 7.35. The van der Waals surface area contributed by atoms with E-state index in [1.54, 1.807) is 28.5 Å². The standard InChI is InChI=1S/C16H13N5OS2/c1-2-23-16-20-24-15-19-14(22)11(13(17)21(15)16)7-9-8-18-12-6-4-3-5-10(9)12/h3-8H,2,17H2,1H3/b9-7+. The van der Waals surface area contributed by atoms with Gasteiger partial charge in [-0.05, 0) is 17.9 Å². The van der Waals surface area contributed by atoms with Crippen LogP contribution in [0.3, 0.4) is 0 Å². The summed E-state index contributed by atoms with van der Waals surface area (Å²) in [5, 5.41) is 0.752. The molecule has 6 nitrogen and oxygen atoms in total. The van der Waals surface area contributed by atoms with Crippen LogP contribution in [-0.4, -0.2) is 25.7 Å². The number of aromatic nitrogens is 3. The predicted octanol–water partition coefficient (Wildman–Crippen LogP) is 3.10. The van der Waals surface area contributed by atoms with E-state index in [4.69, 9.17) is 5.73 Å². The summed E-state index contributed by atoms with van der Waals surface area (Å²) in [6.07, 6.45) is 3.50. The number of rotatable bonds is 3. The molecule has 0 saturated heterocycles. The maximum Gasteiger partial charge on any atom is 0.283 e. The number of hydrogen-bond acceptors (Lipinski definition) is 7. The number of fused-ring (bicyclic) bond motifs is 2.